The van der Waals surface area contributed by atoms with Gasteiger partial charge in [0, 0.05) is 37.0 Å². The summed E-state index contributed by atoms with van der Waals surface area (Å²) >= 11 is 1.72. The molecule has 0 spiro atoms. The molecule has 2 saturated heterocycles. The second-order valence-corrected chi connectivity index (χ2v) is 8.81. The van der Waals surface area contributed by atoms with Crippen LogP contribution in [0.1, 0.15) is 32.1 Å². The van der Waals surface area contributed by atoms with Crippen molar-refractivity contribution in [3.8, 4) is 17.1 Å². The number of hydrogen-bond donors (Lipinski definition) is 0. The molecule has 0 N–H and O–H groups in total. The van der Waals surface area contributed by atoms with Crippen molar-refractivity contribution in [3.63, 3.8) is 0 Å². The van der Waals surface area contributed by atoms with E-state index in [4.69, 9.17) is 9.72 Å². The third kappa shape index (κ3) is 3.91. The number of fused-ring (bicyclic) bond motifs is 1. The maximum absolute atomic E-state index is 5.21. The minimum Gasteiger partial charge on any atom is -0.481 e. The van der Waals surface area contributed by atoms with Gasteiger partial charge in [0.2, 0.25) is 5.88 Å². The van der Waals surface area contributed by atoms with Crippen molar-refractivity contribution in [1.82, 2.24) is 24.8 Å². The number of rotatable bonds is 4. The van der Waals surface area contributed by atoms with E-state index in [9.17, 15) is 0 Å². The predicted octanol–water partition coefficient (Wildman–Crippen LogP) is 3.61. The summed E-state index contributed by atoms with van der Waals surface area (Å²) in [6, 6.07) is 4.69. The van der Waals surface area contributed by atoms with Gasteiger partial charge in [-0.2, -0.15) is 4.98 Å². The molecule has 5 heterocycles. The third-order valence-corrected chi connectivity index (χ3v) is 7.08. The highest BCUT2D eigenvalue weighted by molar-refractivity contribution is 7.22. The number of anilines is 1. The molecule has 5 rings (SSSR count). The van der Waals surface area contributed by atoms with Crippen LogP contribution < -0.4 is 9.64 Å². The van der Waals surface area contributed by atoms with Gasteiger partial charge in [-0.3, -0.25) is 0 Å². The van der Waals surface area contributed by atoms with Crippen LogP contribution in [0.3, 0.4) is 0 Å². The third-order valence-electron chi connectivity index (χ3n) is 6.02. The number of methoxy groups -OCH3 is 1. The van der Waals surface area contributed by atoms with E-state index in [0.717, 1.165) is 45.9 Å². The number of ether oxygens (including phenoxy) is 1. The lowest BCUT2D eigenvalue weighted by molar-refractivity contribution is 0.141. The van der Waals surface area contributed by atoms with E-state index in [2.05, 4.69) is 30.8 Å². The van der Waals surface area contributed by atoms with Gasteiger partial charge >= 0.3 is 0 Å². The van der Waals surface area contributed by atoms with E-state index in [0.29, 0.717) is 5.88 Å². The van der Waals surface area contributed by atoms with Crippen LogP contribution in [0.4, 0.5) is 5.13 Å². The molecule has 8 heteroatoms. The van der Waals surface area contributed by atoms with Crippen molar-refractivity contribution in [2.24, 2.45) is 0 Å². The first-order chi connectivity index (χ1) is 14.3. The Morgan fingerprint density at radius 1 is 1.00 bits per heavy atom. The summed E-state index contributed by atoms with van der Waals surface area (Å²) < 4.78 is 6.30. The lowest BCUT2D eigenvalue weighted by Crippen LogP contribution is -2.46. The molecule has 152 valence electrons. The maximum Gasteiger partial charge on any atom is 0.216 e. The van der Waals surface area contributed by atoms with Gasteiger partial charge in [0.1, 0.15) is 6.33 Å². The zero-order valence-electron chi connectivity index (χ0n) is 16.8. The quantitative estimate of drug-likeness (QED) is 0.651. The van der Waals surface area contributed by atoms with Crippen LogP contribution in [-0.4, -0.2) is 64.2 Å². The Hall–Kier alpha value is -2.32. The zero-order valence-corrected chi connectivity index (χ0v) is 17.6. The van der Waals surface area contributed by atoms with Crippen LogP contribution in [0.5, 0.6) is 5.88 Å². The first kappa shape index (κ1) is 18.7. The van der Waals surface area contributed by atoms with Crippen LogP contribution >= 0.6 is 11.3 Å². The lowest BCUT2D eigenvalue weighted by atomic mass is 10.0. The molecule has 2 aliphatic heterocycles. The molecule has 0 radical (unpaired) electrons. The highest BCUT2D eigenvalue weighted by Gasteiger charge is 2.27. The Bertz CT molecular complexity index is 978. The van der Waals surface area contributed by atoms with Gasteiger partial charge in [0.05, 0.1) is 17.5 Å². The van der Waals surface area contributed by atoms with Gasteiger partial charge in [-0.1, -0.05) is 17.8 Å². The highest BCUT2D eigenvalue weighted by atomic mass is 32.1. The van der Waals surface area contributed by atoms with Crippen molar-refractivity contribution in [1.29, 1.82) is 0 Å². The Morgan fingerprint density at radius 2 is 1.83 bits per heavy atom. The van der Waals surface area contributed by atoms with Crippen molar-refractivity contribution >= 4 is 26.8 Å². The fourth-order valence-electron chi connectivity index (χ4n) is 4.40. The number of piperidine rings is 2. The van der Waals surface area contributed by atoms with Gasteiger partial charge < -0.3 is 14.5 Å². The van der Waals surface area contributed by atoms with E-state index >= 15 is 0 Å². The molecule has 0 aromatic carbocycles. The van der Waals surface area contributed by atoms with Crippen LogP contribution in [0.15, 0.2) is 24.7 Å². The average Bonchev–Trinajstić information content (AvgIpc) is 3.23. The fraction of sp³-hybridized carbons (Fsp3) is 0.524. The predicted molar refractivity (Wildman–Crippen MR) is 116 cm³/mol. The molecule has 2 fully saturated rings. The van der Waals surface area contributed by atoms with Gasteiger partial charge in [-0.15, -0.1) is 0 Å². The molecule has 7 nitrogen and oxygen atoms in total. The molecule has 2 aliphatic rings. The summed E-state index contributed by atoms with van der Waals surface area (Å²) in [6.07, 6.45) is 9.94. The molecule has 29 heavy (non-hydrogen) atoms. The van der Waals surface area contributed by atoms with Crippen LogP contribution in [0, 0.1) is 0 Å². The lowest BCUT2D eigenvalue weighted by Gasteiger charge is -2.40. The molecule has 3 aromatic rings. The zero-order chi connectivity index (χ0) is 19.6. The Kier molecular flexibility index (Phi) is 5.28. The van der Waals surface area contributed by atoms with Crippen LogP contribution in [-0.2, 0) is 0 Å². The molecule has 0 aliphatic carbocycles. The molecular weight excluding hydrogens is 384 g/mol. The Balaban J connectivity index is 1.31. The molecule has 0 unspecified atom stereocenters. The van der Waals surface area contributed by atoms with Gasteiger partial charge in [-0.05, 0) is 44.8 Å². The SMILES string of the molecule is COc1cc(-c2cnc3nc(N4CCC(N5CCCCC5)CC4)sc3c2)ncn1. The van der Waals surface area contributed by atoms with Crippen LogP contribution in [0.2, 0.25) is 0 Å². The van der Waals surface area contributed by atoms with E-state index < -0.39 is 0 Å². The second-order valence-electron chi connectivity index (χ2n) is 7.80. The summed E-state index contributed by atoms with van der Waals surface area (Å²) in [5.74, 6) is 0.552. The average molecular weight is 411 g/mol. The van der Waals surface area contributed by atoms with Crippen molar-refractivity contribution in [3.05, 3.63) is 24.7 Å². The largest absolute Gasteiger partial charge is 0.481 e. The van der Waals surface area contributed by atoms with E-state index in [1.807, 2.05) is 12.3 Å². The summed E-state index contributed by atoms with van der Waals surface area (Å²) in [6.45, 7) is 4.73. The molecular formula is C21H26N6OS. The van der Waals surface area contributed by atoms with Crippen molar-refractivity contribution in [2.45, 2.75) is 38.1 Å². The number of likely N-dealkylation sites (tertiary alicyclic amines) is 1. The van der Waals surface area contributed by atoms with Gasteiger partial charge in [-0.25, -0.2) is 15.0 Å². The Labute approximate surface area is 174 Å². The molecule has 0 atom stereocenters. The Morgan fingerprint density at radius 3 is 2.62 bits per heavy atom. The standard InChI is InChI=1S/C21H26N6OS/c1-28-19-12-17(23-14-24-19)15-11-18-20(22-13-15)25-21(29-18)27-9-5-16(6-10-27)26-7-3-2-4-8-26/h11-14,16H,2-10H2,1H3. The van der Waals surface area contributed by atoms with Crippen molar-refractivity contribution < 1.29 is 4.74 Å². The summed E-state index contributed by atoms with van der Waals surface area (Å²) in [4.78, 5) is 23.0. The molecule has 0 amide bonds. The van der Waals surface area contributed by atoms with Gasteiger partial charge in [0.25, 0.3) is 0 Å². The minimum absolute atomic E-state index is 0.552. The first-order valence-electron chi connectivity index (χ1n) is 10.4. The second kappa shape index (κ2) is 8.20. The molecule has 0 saturated carbocycles. The number of thiazole rings is 1. The van der Waals surface area contributed by atoms with Crippen molar-refractivity contribution in [2.75, 3.05) is 38.2 Å². The summed E-state index contributed by atoms with van der Waals surface area (Å²) in [5, 5.41) is 1.09. The monoisotopic (exact) mass is 410 g/mol. The number of hydrogen-bond acceptors (Lipinski definition) is 8. The van der Waals surface area contributed by atoms with Crippen LogP contribution in [0.25, 0.3) is 21.6 Å². The van der Waals surface area contributed by atoms with E-state index in [-0.39, 0.29) is 0 Å². The van der Waals surface area contributed by atoms with E-state index in [1.165, 1.54) is 51.5 Å². The number of nitrogens with zero attached hydrogens (tertiary/aromatic N) is 6. The normalized spacial score (nSPS) is 19.0. The van der Waals surface area contributed by atoms with Gasteiger partial charge in [0.15, 0.2) is 10.8 Å². The fourth-order valence-corrected chi connectivity index (χ4v) is 5.41. The summed E-state index contributed by atoms with van der Waals surface area (Å²) in [5.41, 5.74) is 2.58. The highest BCUT2D eigenvalue weighted by Crippen LogP contribution is 2.33. The number of aromatic nitrogens is 4. The molecule has 3 aromatic heterocycles. The minimum atomic E-state index is 0.552. The topological polar surface area (TPSA) is 67.3 Å². The maximum atomic E-state index is 5.21. The first-order valence-corrected chi connectivity index (χ1v) is 11.2. The number of pyridine rings is 1. The van der Waals surface area contributed by atoms with E-state index in [1.54, 1.807) is 18.4 Å². The molecule has 0 bridgehead atoms. The summed E-state index contributed by atoms with van der Waals surface area (Å²) in [7, 11) is 1.61. The smallest absolute Gasteiger partial charge is 0.216 e.